The van der Waals surface area contributed by atoms with Gasteiger partial charge < -0.3 is 15.0 Å². The molecule has 3 unspecified atom stereocenters. The zero-order valence-electron chi connectivity index (χ0n) is 11.4. The van der Waals surface area contributed by atoms with Crippen molar-refractivity contribution >= 4 is 11.8 Å². The monoisotopic (exact) mass is 258 g/mol. The van der Waals surface area contributed by atoms with Gasteiger partial charge in [0.15, 0.2) is 0 Å². The Morgan fingerprint density at radius 2 is 2.35 bits per heavy atom. The van der Waals surface area contributed by atoms with E-state index in [1.54, 1.807) is 0 Å². The highest BCUT2D eigenvalue weighted by Gasteiger charge is 2.40. The van der Waals surface area contributed by atoms with Crippen molar-refractivity contribution in [3.05, 3.63) is 0 Å². The molecule has 0 saturated carbocycles. The van der Waals surface area contributed by atoms with E-state index in [0.29, 0.717) is 12.1 Å². The molecule has 4 heteroatoms. The number of likely N-dealkylation sites (N-methyl/N-ethyl adjacent to an activating group) is 1. The summed E-state index contributed by atoms with van der Waals surface area (Å²) in [6.07, 6.45) is 3.63. The number of ether oxygens (including phenoxy) is 1. The van der Waals surface area contributed by atoms with E-state index >= 15 is 0 Å². The van der Waals surface area contributed by atoms with E-state index in [1.807, 2.05) is 11.8 Å². The zero-order valence-corrected chi connectivity index (χ0v) is 12.2. The van der Waals surface area contributed by atoms with E-state index < -0.39 is 0 Å². The van der Waals surface area contributed by atoms with Gasteiger partial charge >= 0.3 is 0 Å². The summed E-state index contributed by atoms with van der Waals surface area (Å²) in [5, 5.41) is 3.72. The van der Waals surface area contributed by atoms with Gasteiger partial charge in [-0.25, -0.2) is 0 Å². The van der Waals surface area contributed by atoms with Crippen molar-refractivity contribution < 1.29 is 4.74 Å². The van der Waals surface area contributed by atoms with Crippen LogP contribution in [0.2, 0.25) is 0 Å². The molecular weight excluding hydrogens is 232 g/mol. The van der Waals surface area contributed by atoms with E-state index in [1.165, 1.54) is 30.8 Å². The first-order valence-corrected chi connectivity index (χ1v) is 7.88. The molecule has 0 bridgehead atoms. The smallest absolute Gasteiger partial charge is 0.0795 e. The van der Waals surface area contributed by atoms with Crippen LogP contribution in [0, 0.1) is 0 Å². The Bertz CT molecular complexity index is 242. The third-order valence-corrected chi connectivity index (χ3v) is 5.37. The van der Waals surface area contributed by atoms with Crippen LogP contribution in [0.5, 0.6) is 0 Å². The van der Waals surface area contributed by atoms with E-state index in [9.17, 15) is 0 Å². The third kappa shape index (κ3) is 3.60. The van der Waals surface area contributed by atoms with Gasteiger partial charge in [0.2, 0.25) is 0 Å². The van der Waals surface area contributed by atoms with Crippen molar-refractivity contribution in [3.63, 3.8) is 0 Å². The molecule has 2 saturated heterocycles. The first-order chi connectivity index (χ1) is 8.11. The van der Waals surface area contributed by atoms with Gasteiger partial charge in [-0.2, -0.15) is 11.8 Å². The van der Waals surface area contributed by atoms with Gasteiger partial charge in [0.05, 0.1) is 5.60 Å². The number of nitrogens with zero attached hydrogens (tertiary/aromatic N) is 1. The highest BCUT2D eigenvalue weighted by atomic mass is 32.2. The summed E-state index contributed by atoms with van der Waals surface area (Å²) < 4.78 is 6.04. The lowest BCUT2D eigenvalue weighted by Gasteiger charge is -2.38. The van der Waals surface area contributed by atoms with Crippen LogP contribution in [-0.2, 0) is 4.74 Å². The minimum Gasteiger partial charge on any atom is -0.374 e. The number of hydrogen-bond donors (Lipinski definition) is 1. The molecular formula is C13H26N2OS. The third-order valence-electron chi connectivity index (χ3n) is 4.14. The predicted molar refractivity (Wildman–Crippen MR) is 74.8 cm³/mol. The van der Waals surface area contributed by atoms with Gasteiger partial charge in [-0.1, -0.05) is 0 Å². The van der Waals surface area contributed by atoms with Crippen LogP contribution in [-0.4, -0.2) is 61.3 Å². The van der Waals surface area contributed by atoms with Crippen LogP contribution < -0.4 is 5.32 Å². The van der Waals surface area contributed by atoms with E-state index in [4.69, 9.17) is 4.74 Å². The molecule has 3 nitrogen and oxygen atoms in total. The summed E-state index contributed by atoms with van der Waals surface area (Å²) in [4.78, 5) is 2.27. The Hall–Kier alpha value is 0.230. The van der Waals surface area contributed by atoms with Crippen molar-refractivity contribution in [2.45, 2.75) is 43.9 Å². The van der Waals surface area contributed by atoms with Crippen molar-refractivity contribution in [2.24, 2.45) is 0 Å². The maximum Gasteiger partial charge on any atom is 0.0795 e. The van der Waals surface area contributed by atoms with Gasteiger partial charge in [0.1, 0.15) is 0 Å². The minimum absolute atomic E-state index is 0.210. The maximum atomic E-state index is 6.04. The molecule has 100 valence electrons. The van der Waals surface area contributed by atoms with Gasteiger partial charge in [-0.15, -0.1) is 0 Å². The Kier molecular flexibility index (Phi) is 4.75. The lowest BCUT2D eigenvalue weighted by atomic mass is 9.90. The standard InChI is InChI=1S/C13H26N2OS/c1-11(15(2)3)9-14-12-4-6-16-13(8-12)5-7-17-10-13/h11-12,14H,4-10H2,1-3H3. The van der Waals surface area contributed by atoms with Crippen molar-refractivity contribution in [1.29, 1.82) is 0 Å². The molecule has 0 aromatic heterocycles. The normalized spacial score (nSPS) is 35.6. The summed E-state index contributed by atoms with van der Waals surface area (Å²) in [5.41, 5.74) is 0.210. The fraction of sp³-hybridized carbons (Fsp3) is 1.00. The molecule has 0 aromatic carbocycles. The molecule has 3 atom stereocenters. The van der Waals surface area contributed by atoms with Gasteiger partial charge in [-0.05, 0) is 46.0 Å². The van der Waals surface area contributed by atoms with Crippen LogP contribution >= 0.6 is 11.8 Å². The molecule has 2 rings (SSSR count). The van der Waals surface area contributed by atoms with Crippen molar-refractivity contribution in [3.8, 4) is 0 Å². The van der Waals surface area contributed by atoms with Crippen LogP contribution in [0.3, 0.4) is 0 Å². The molecule has 0 radical (unpaired) electrons. The summed E-state index contributed by atoms with van der Waals surface area (Å²) in [7, 11) is 4.29. The molecule has 2 aliphatic heterocycles. The molecule has 1 N–H and O–H groups in total. The van der Waals surface area contributed by atoms with Gasteiger partial charge in [-0.3, -0.25) is 0 Å². The Labute approximate surface area is 110 Å². The highest BCUT2D eigenvalue weighted by molar-refractivity contribution is 7.99. The van der Waals surface area contributed by atoms with Gasteiger partial charge in [0, 0.05) is 31.0 Å². The maximum absolute atomic E-state index is 6.04. The van der Waals surface area contributed by atoms with Crippen LogP contribution in [0.25, 0.3) is 0 Å². The number of thioether (sulfide) groups is 1. The molecule has 2 aliphatic rings. The van der Waals surface area contributed by atoms with Gasteiger partial charge in [0.25, 0.3) is 0 Å². The van der Waals surface area contributed by atoms with Crippen molar-refractivity contribution in [2.75, 3.05) is 38.8 Å². The summed E-state index contributed by atoms with van der Waals surface area (Å²) in [6.45, 7) is 4.29. The van der Waals surface area contributed by atoms with Crippen LogP contribution in [0.4, 0.5) is 0 Å². The molecule has 2 fully saturated rings. The lowest BCUT2D eigenvalue weighted by Crippen LogP contribution is -2.49. The summed E-state index contributed by atoms with van der Waals surface area (Å²) in [6, 6.07) is 1.26. The molecule has 0 aromatic rings. The first-order valence-electron chi connectivity index (χ1n) is 6.73. The zero-order chi connectivity index (χ0) is 12.3. The Morgan fingerprint density at radius 3 is 3.00 bits per heavy atom. The molecule has 1 spiro atoms. The second-order valence-corrected chi connectivity index (χ2v) is 6.85. The van der Waals surface area contributed by atoms with E-state index in [-0.39, 0.29) is 5.60 Å². The van der Waals surface area contributed by atoms with Crippen LogP contribution in [0.1, 0.15) is 26.2 Å². The minimum atomic E-state index is 0.210. The quantitative estimate of drug-likeness (QED) is 0.827. The molecule has 0 aliphatic carbocycles. The SMILES string of the molecule is CC(CNC1CCOC2(CCSC2)C1)N(C)C. The largest absolute Gasteiger partial charge is 0.374 e. The summed E-state index contributed by atoms with van der Waals surface area (Å²) >= 11 is 2.05. The number of rotatable bonds is 4. The number of nitrogens with one attached hydrogen (secondary N) is 1. The molecule has 0 amide bonds. The topological polar surface area (TPSA) is 24.5 Å². The lowest BCUT2D eigenvalue weighted by molar-refractivity contribution is -0.0704. The molecule has 2 heterocycles. The first kappa shape index (κ1) is 13.7. The van der Waals surface area contributed by atoms with E-state index in [0.717, 1.165) is 13.2 Å². The average Bonchev–Trinajstić information content (AvgIpc) is 2.74. The highest BCUT2D eigenvalue weighted by Crippen LogP contribution is 2.38. The second-order valence-electron chi connectivity index (χ2n) is 5.74. The fourth-order valence-corrected chi connectivity index (χ4v) is 3.96. The fourth-order valence-electron chi connectivity index (χ4n) is 2.59. The van der Waals surface area contributed by atoms with E-state index in [2.05, 4.69) is 31.2 Å². The Balaban J connectivity index is 1.77. The van der Waals surface area contributed by atoms with Crippen molar-refractivity contribution in [1.82, 2.24) is 10.2 Å². The second kappa shape index (κ2) is 5.91. The Morgan fingerprint density at radius 1 is 1.53 bits per heavy atom. The summed E-state index contributed by atoms with van der Waals surface area (Å²) in [5.74, 6) is 2.48. The number of hydrogen-bond acceptors (Lipinski definition) is 4. The van der Waals surface area contributed by atoms with Crippen LogP contribution in [0.15, 0.2) is 0 Å². The molecule has 17 heavy (non-hydrogen) atoms. The predicted octanol–water partition coefficient (Wildman–Crippen LogP) is 1.58. The average molecular weight is 258 g/mol.